The summed E-state index contributed by atoms with van der Waals surface area (Å²) in [6, 6.07) is 10.9. The largest absolute Gasteiger partial charge is 0.302 e. The molecule has 0 amide bonds. The Bertz CT molecular complexity index is 326. The molecular weight excluding hydrogens is 214 g/mol. The SMILES string of the molecule is C#CCNC(CSc1ccccc1)C(C)C. The van der Waals surface area contributed by atoms with E-state index in [0.717, 1.165) is 5.75 Å². The van der Waals surface area contributed by atoms with Crippen LogP contribution in [0.15, 0.2) is 35.2 Å². The monoisotopic (exact) mass is 233 g/mol. The molecule has 1 nitrogen and oxygen atoms in total. The van der Waals surface area contributed by atoms with Gasteiger partial charge in [-0.2, -0.15) is 0 Å². The van der Waals surface area contributed by atoms with Crippen LogP contribution in [-0.4, -0.2) is 18.3 Å². The Hall–Kier alpha value is -0.910. The number of nitrogens with one attached hydrogen (secondary N) is 1. The van der Waals surface area contributed by atoms with Crippen molar-refractivity contribution in [2.75, 3.05) is 12.3 Å². The highest BCUT2D eigenvalue weighted by Crippen LogP contribution is 2.20. The van der Waals surface area contributed by atoms with Gasteiger partial charge in [0.25, 0.3) is 0 Å². The van der Waals surface area contributed by atoms with Crippen LogP contribution in [0.2, 0.25) is 0 Å². The summed E-state index contributed by atoms with van der Waals surface area (Å²) in [7, 11) is 0. The van der Waals surface area contributed by atoms with E-state index in [0.29, 0.717) is 18.5 Å². The third-order valence-electron chi connectivity index (χ3n) is 2.44. The Morgan fingerprint density at radius 3 is 2.56 bits per heavy atom. The van der Waals surface area contributed by atoms with E-state index < -0.39 is 0 Å². The van der Waals surface area contributed by atoms with Gasteiger partial charge in [-0.05, 0) is 18.1 Å². The number of terminal acetylenes is 1. The number of hydrogen-bond acceptors (Lipinski definition) is 2. The Balaban J connectivity index is 2.41. The molecule has 0 aromatic heterocycles. The molecule has 16 heavy (non-hydrogen) atoms. The third kappa shape index (κ3) is 4.74. The molecule has 0 aliphatic heterocycles. The first-order valence-electron chi connectivity index (χ1n) is 5.58. The molecule has 0 heterocycles. The molecule has 1 N–H and O–H groups in total. The molecule has 86 valence electrons. The molecule has 0 aliphatic rings. The van der Waals surface area contributed by atoms with Crippen LogP contribution >= 0.6 is 11.8 Å². The minimum Gasteiger partial charge on any atom is -0.302 e. The predicted octanol–water partition coefficient (Wildman–Crippen LogP) is 3.03. The molecule has 0 saturated heterocycles. The maximum Gasteiger partial charge on any atom is 0.0576 e. The lowest BCUT2D eigenvalue weighted by Crippen LogP contribution is -2.36. The van der Waals surface area contributed by atoms with Gasteiger partial charge >= 0.3 is 0 Å². The number of hydrogen-bond donors (Lipinski definition) is 1. The molecule has 0 spiro atoms. The standard InChI is InChI=1S/C14H19NS/c1-4-10-15-14(12(2)3)11-16-13-8-6-5-7-9-13/h1,5-9,12,14-15H,10-11H2,2-3H3. The molecular formula is C14H19NS. The number of rotatable bonds is 6. The number of benzene rings is 1. The van der Waals surface area contributed by atoms with Gasteiger partial charge in [0, 0.05) is 16.7 Å². The van der Waals surface area contributed by atoms with Gasteiger partial charge in [0.1, 0.15) is 0 Å². The summed E-state index contributed by atoms with van der Waals surface area (Å²) < 4.78 is 0. The second-order valence-electron chi connectivity index (χ2n) is 4.06. The summed E-state index contributed by atoms with van der Waals surface area (Å²) >= 11 is 1.88. The van der Waals surface area contributed by atoms with Crippen LogP contribution < -0.4 is 5.32 Å². The molecule has 0 aliphatic carbocycles. The maximum absolute atomic E-state index is 5.26. The normalized spacial score (nSPS) is 12.4. The summed E-state index contributed by atoms with van der Waals surface area (Å²) in [5.74, 6) is 4.29. The third-order valence-corrected chi connectivity index (χ3v) is 3.58. The highest BCUT2D eigenvalue weighted by Gasteiger charge is 2.12. The minimum atomic E-state index is 0.473. The van der Waals surface area contributed by atoms with Crippen LogP contribution in [0.25, 0.3) is 0 Å². The van der Waals surface area contributed by atoms with E-state index in [9.17, 15) is 0 Å². The Morgan fingerprint density at radius 2 is 2.00 bits per heavy atom. The van der Waals surface area contributed by atoms with Crippen LogP contribution in [0, 0.1) is 18.3 Å². The highest BCUT2D eigenvalue weighted by atomic mass is 32.2. The van der Waals surface area contributed by atoms with Gasteiger partial charge in [0.15, 0.2) is 0 Å². The summed E-state index contributed by atoms with van der Waals surface area (Å²) in [6.45, 7) is 5.09. The molecule has 0 radical (unpaired) electrons. The van der Waals surface area contributed by atoms with E-state index in [4.69, 9.17) is 6.42 Å². The van der Waals surface area contributed by atoms with Crippen molar-refractivity contribution in [2.24, 2.45) is 5.92 Å². The van der Waals surface area contributed by atoms with Gasteiger partial charge in [0.2, 0.25) is 0 Å². The van der Waals surface area contributed by atoms with Crippen LogP contribution in [-0.2, 0) is 0 Å². The summed E-state index contributed by atoms with van der Waals surface area (Å²) in [4.78, 5) is 1.32. The average Bonchev–Trinajstić information content (AvgIpc) is 2.30. The smallest absolute Gasteiger partial charge is 0.0576 e. The topological polar surface area (TPSA) is 12.0 Å². The average molecular weight is 233 g/mol. The van der Waals surface area contributed by atoms with Crippen LogP contribution in [0.4, 0.5) is 0 Å². The predicted molar refractivity (Wildman–Crippen MR) is 72.6 cm³/mol. The van der Waals surface area contributed by atoms with Crippen LogP contribution in [0.5, 0.6) is 0 Å². The quantitative estimate of drug-likeness (QED) is 0.599. The van der Waals surface area contributed by atoms with Gasteiger partial charge in [-0.15, -0.1) is 18.2 Å². The second-order valence-corrected chi connectivity index (χ2v) is 5.15. The zero-order chi connectivity index (χ0) is 11.8. The van der Waals surface area contributed by atoms with Gasteiger partial charge in [-0.3, -0.25) is 0 Å². The molecule has 1 aromatic carbocycles. The summed E-state index contributed by atoms with van der Waals surface area (Å²) in [6.07, 6.45) is 5.26. The molecule has 0 bridgehead atoms. The maximum atomic E-state index is 5.26. The van der Waals surface area contributed by atoms with E-state index in [2.05, 4.69) is 49.4 Å². The van der Waals surface area contributed by atoms with Crippen molar-refractivity contribution in [1.29, 1.82) is 0 Å². The van der Waals surface area contributed by atoms with Crippen molar-refractivity contribution in [1.82, 2.24) is 5.32 Å². The fourth-order valence-corrected chi connectivity index (χ4v) is 2.60. The molecule has 2 heteroatoms. The van der Waals surface area contributed by atoms with Gasteiger partial charge in [0.05, 0.1) is 6.54 Å². The molecule has 0 fully saturated rings. The van der Waals surface area contributed by atoms with Crippen molar-refractivity contribution in [3.05, 3.63) is 30.3 Å². The molecule has 1 unspecified atom stereocenters. The van der Waals surface area contributed by atoms with Crippen molar-refractivity contribution in [2.45, 2.75) is 24.8 Å². The Kier molecular flexibility index (Phi) is 6.07. The zero-order valence-corrected chi connectivity index (χ0v) is 10.8. The van der Waals surface area contributed by atoms with E-state index in [1.807, 2.05) is 17.8 Å². The zero-order valence-electron chi connectivity index (χ0n) is 9.94. The first-order valence-corrected chi connectivity index (χ1v) is 6.57. The fraction of sp³-hybridized carbons (Fsp3) is 0.429. The molecule has 1 aromatic rings. The minimum absolute atomic E-state index is 0.473. The lowest BCUT2D eigenvalue weighted by Gasteiger charge is -2.20. The fourth-order valence-electron chi connectivity index (χ4n) is 1.38. The van der Waals surface area contributed by atoms with Crippen molar-refractivity contribution in [3.63, 3.8) is 0 Å². The van der Waals surface area contributed by atoms with E-state index in [1.54, 1.807) is 0 Å². The van der Waals surface area contributed by atoms with Gasteiger partial charge in [-0.1, -0.05) is 38.0 Å². The van der Waals surface area contributed by atoms with Gasteiger partial charge in [-0.25, -0.2) is 0 Å². The number of thioether (sulfide) groups is 1. The van der Waals surface area contributed by atoms with E-state index in [1.165, 1.54) is 4.90 Å². The Morgan fingerprint density at radius 1 is 1.31 bits per heavy atom. The van der Waals surface area contributed by atoms with Crippen molar-refractivity contribution >= 4 is 11.8 Å². The van der Waals surface area contributed by atoms with Crippen LogP contribution in [0.1, 0.15) is 13.8 Å². The second kappa shape index (κ2) is 7.38. The lowest BCUT2D eigenvalue weighted by molar-refractivity contribution is 0.453. The first kappa shape index (κ1) is 13.2. The molecule has 1 rings (SSSR count). The highest BCUT2D eigenvalue weighted by molar-refractivity contribution is 7.99. The lowest BCUT2D eigenvalue weighted by atomic mass is 10.1. The molecule has 0 saturated carbocycles. The molecule has 1 atom stereocenters. The van der Waals surface area contributed by atoms with E-state index >= 15 is 0 Å². The van der Waals surface area contributed by atoms with Gasteiger partial charge < -0.3 is 5.32 Å². The summed E-state index contributed by atoms with van der Waals surface area (Å²) in [5.41, 5.74) is 0. The van der Waals surface area contributed by atoms with Crippen LogP contribution in [0.3, 0.4) is 0 Å². The first-order chi connectivity index (χ1) is 7.74. The Labute approximate surface area is 103 Å². The van der Waals surface area contributed by atoms with E-state index in [-0.39, 0.29) is 0 Å². The van der Waals surface area contributed by atoms with Crippen molar-refractivity contribution in [3.8, 4) is 12.3 Å². The summed E-state index contributed by atoms with van der Waals surface area (Å²) in [5, 5.41) is 3.38. The van der Waals surface area contributed by atoms with Crippen molar-refractivity contribution < 1.29 is 0 Å².